The third-order valence-corrected chi connectivity index (χ3v) is 13.4. The van der Waals surface area contributed by atoms with E-state index < -0.39 is 20.0 Å². The van der Waals surface area contributed by atoms with Crippen LogP contribution >= 0.6 is 7.82 Å². The van der Waals surface area contributed by atoms with E-state index in [4.69, 9.17) is 9.05 Å². The number of likely N-dealkylation sites (N-methyl/N-ethyl adjacent to an activating group) is 1. The zero-order valence-corrected chi connectivity index (χ0v) is 45.9. The minimum absolute atomic E-state index is 0.00454. The Morgan fingerprint density at radius 2 is 0.868 bits per heavy atom. The van der Waals surface area contributed by atoms with Crippen LogP contribution in [0.4, 0.5) is 0 Å². The van der Waals surface area contributed by atoms with Gasteiger partial charge in [0.15, 0.2) is 0 Å². The topological polar surface area (TPSA) is 108 Å². The Labute approximate surface area is 421 Å². The van der Waals surface area contributed by atoms with Crippen molar-refractivity contribution in [3.8, 4) is 0 Å². The molecule has 0 spiro atoms. The van der Waals surface area contributed by atoms with Gasteiger partial charge < -0.3 is 28.8 Å². The van der Waals surface area contributed by atoms with Crippen molar-refractivity contribution < 1.29 is 32.9 Å². The molecule has 68 heavy (non-hydrogen) atoms. The van der Waals surface area contributed by atoms with Crippen molar-refractivity contribution in [2.75, 3.05) is 40.9 Å². The molecule has 9 heteroatoms. The monoisotopic (exact) mass is 973 g/mol. The first-order chi connectivity index (χ1) is 33.0. The minimum atomic E-state index is -4.60. The first kappa shape index (κ1) is 65.9. The molecule has 8 nitrogen and oxygen atoms in total. The Balaban J connectivity index is 4.24. The number of phosphoric ester groups is 1. The van der Waals surface area contributed by atoms with E-state index >= 15 is 0 Å². The van der Waals surface area contributed by atoms with Crippen LogP contribution in [0.1, 0.15) is 245 Å². The number of nitrogens with zero attached hydrogens (tertiary/aromatic N) is 1. The zero-order chi connectivity index (χ0) is 49.9. The van der Waals surface area contributed by atoms with Crippen LogP contribution in [0.15, 0.2) is 72.9 Å². The summed E-state index contributed by atoms with van der Waals surface area (Å²) in [5.74, 6) is -0.246. The molecule has 0 rings (SSSR count). The average Bonchev–Trinajstić information content (AvgIpc) is 3.30. The number of hydrogen-bond acceptors (Lipinski definition) is 6. The number of hydrogen-bond donors (Lipinski definition) is 2. The van der Waals surface area contributed by atoms with Crippen LogP contribution in [-0.2, 0) is 18.4 Å². The Morgan fingerprint density at radius 3 is 1.22 bits per heavy atom. The summed E-state index contributed by atoms with van der Waals surface area (Å²) in [7, 11) is 1.25. The van der Waals surface area contributed by atoms with Gasteiger partial charge >= 0.3 is 0 Å². The lowest BCUT2D eigenvalue weighted by Crippen LogP contribution is -2.46. The number of amides is 1. The van der Waals surface area contributed by atoms with E-state index in [0.29, 0.717) is 23.9 Å². The van der Waals surface area contributed by atoms with Crippen LogP contribution in [0.3, 0.4) is 0 Å². The fourth-order valence-corrected chi connectivity index (χ4v) is 8.79. The smallest absolute Gasteiger partial charge is 0.268 e. The predicted molar refractivity (Wildman–Crippen MR) is 293 cm³/mol. The van der Waals surface area contributed by atoms with Gasteiger partial charge in [0.25, 0.3) is 7.82 Å². The van der Waals surface area contributed by atoms with Crippen LogP contribution in [0, 0.1) is 0 Å². The highest BCUT2D eigenvalue weighted by molar-refractivity contribution is 7.45. The number of phosphoric acid groups is 1. The van der Waals surface area contributed by atoms with E-state index in [1.54, 1.807) is 0 Å². The predicted octanol–water partition coefficient (Wildman–Crippen LogP) is 16.5. The second kappa shape index (κ2) is 49.9. The van der Waals surface area contributed by atoms with E-state index in [2.05, 4.69) is 79.9 Å². The van der Waals surface area contributed by atoms with Gasteiger partial charge in [-0.05, 0) is 51.4 Å². The lowest BCUT2D eigenvalue weighted by Gasteiger charge is -2.30. The van der Waals surface area contributed by atoms with Gasteiger partial charge in [-0.1, -0.05) is 260 Å². The van der Waals surface area contributed by atoms with Gasteiger partial charge in [0.05, 0.1) is 39.9 Å². The highest BCUT2D eigenvalue weighted by Crippen LogP contribution is 2.38. The molecule has 3 atom stereocenters. The quantitative estimate of drug-likeness (QED) is 0.0272. The summed E-state index contributed by atoms with van der Waals surface area (Å²) in [5, 5.41) is 14.0. The maximum atomic E-state index is 12.9. The summed E-state index contributed by atoms with van der Waals surface area (Å²) in [6, 6.07) is -0.846. The first-order valence-electron chi connectivity index (χ1n) is 28.3. The molecule has 1 amide bonds. The van der Waals surface area contributed by atoms with Gasteiger partial charge in [-0.2, -0.15) is 0 Å². The summed E-state index contributed by atoms with van der Waals surface area (Å²) in [6.07, 6.45) is 68.1. The number of allylic oxidation sites excluding steroid dienone is 12. The molecule has 0 aromatic heterocycles. The molecule has 0 radical (unpaired) electrons. The second-order valence-electron chi connectivity index (χ2n) is 20.3. The third kappa shape index (κ3) is 51.8. The summed E-state index contributed by atoms with van der Waals surface area (Å²) < 4.78 is 23.4. The Hall–Kier alpha value is -2.06. The lowest BCUT2D eigenvalue weighted by atomic mass is 10.0. The van der Waals surface area contributed by atoms with Gasteiger partial charge in [0, 0.05) is 6.42 Å². The number of quaternary nitrogens is 1. The zero-order valence-electron chi connectivity index (χ0n) is 45.0. The highest BCUT2D eigenvalue weighted by atomic mass is 31.2. The number of unbranched alkanes of at least 4 members (excludes halogenated alkanes) is 26. The normalized spacial score (nSPS) is 14.5. The highest BCUT2D eigenvalue weighted by Gasteiger charge is 2.24. The summed E-state index contributed by atoms with van der Waals surface area (Å²) >= 11 is 0. The van der Waals surface area contributed by atoms with E-state index in [9.17, 15) is 19.4 Å². The molecule has 0 heterocycles. The number of rotatable bonds is 51. The SMILES string of the molecule is CC/C=C\C/C=C\C/C=C\C/C=C\C/C=C\C/C=C\CCC(=O)NC(COP(=O)([O-])OCC[N+](C)(C)C)C(O)CCCCCCCCCCCCCCCCCCCCCCCCCCCCC. The molecular formula is C59H109N2O6P. The number of carbonyl (C=O) groups is 1. The molecule has 0 aliphatic heterocycles. The number of aliphatic hydroxyl groups excluding tert-OH is 1. The van der Waals surface area contributed by atoms with Gasteiger partial charge in [0.2, 0.25) is 5.91 Å². The number of nitrogens with one attached hydrogen (secondary N) is 1. The van der Waals surface area contributed by atoms with Crippen LogP contribution in [0.2, 0.25) is 0 Å². The fraction of sp³-hybridized carbons (Fsp3) is 0.780. The molecule has 0 saturated carbocycles. The molecular weight excluding hydrogens is 864 g/mol. The molecule has 2 N–H and O–H groups in total. The molecule has 0 aliphatic carbocycles. The third-order valence-electron chi connectivity index (χ3n) is 12.5. The Morgan fingerprint density at radius 1 is 0.529 bits per heavy atom. The van der Waals surface area contributed by atoms with E-state index in [-0.39, 0.29) is 25.5 Å². The maximum Gasteiger partial charge on any atom is 0.268 e. The average molecular weight is 974 g/mol. The van der Waals surface area contributed by atoms with E-state index in [1.165, 1.54) is 154 Å². The van der Waals surface area contributed by atoms with Crippen molar-refractivity contribution in [3.63, 3.8) is 0 Å². The second-order valence-corrected chi connectivity index (χ2v) is 21.7. The van der Waals surface area contributed by atoms with Crippen molar-refractivity contribution in [2.24, 2.45) is 0 Å². The summed E-state index contributed by atoms with van der Waals surface area (Å²) in [5.41, 5.74) is 0. The van der Waals surface area contributed by atoms with E-state index in [0.717, 1.165) is 57.8 Å². The molecule has 0 saturated heterocycles. The number of carbonyl (C=O) groups excluding carboxylic acids is 1. The first-order valence-corrected chi connectivity index (χ1v) is 29.7. The standard InChI is InChI=1S/C59H109N2O6P/c1-6-8-10-12-14-16-18-20-22-24-26-27-28-29-30-31-32-33-35-36-38-40-42-44-46-48-50-52-58(62)57(56-67-68(64,65)66-55-54-61(3,4)5)60-59(63)53-51-49-47-45-43-41-39-37-34-25-23-21-19-17-15-13-11-9-7-2/h9,11,15,17,21,23,34,37,41,43,47,49,57-58,62H,6-8,10,12-14,16,18-20,22,24-33,35-36,38-40,42,44-46,48,50-56H2,1-5H3,(H-,60,63,64,65)/b11-9-,17-15-,23-21-,37-34-,43-41-,49-47-. The maximum absolute atomic E-state index is 12.9. The molecule has 0 aromatic rings. The largest absolute Gasteiger partial charge is 0.756 e. The summed E-state index contributed by atoms with van der Waals surface area (Å²) in [6.45, 7) is 4.56. The van der Waals surface area contributed by atoms with Crippen LogP contribution in [0.25, 0.3) is 0 Å². The van der Waals surface area contributed by atoms with Crippen molar-refractivity contribution in [1.29, 1.82) is 0 Å². The van der Waals surface area contributed by atoms with Gasteiger partial charge in [-0.3, -0.25) is 9.36 Å². The van der Waals surface area contributed by atoms with Crippen molar-refractivity contribution >= 4 is 13.7 Å². The van der Waals surface area contributed by atoms with Crippen molar-refractivity contribution in [3.05, 3.63) is 72.9 Å². The van der Waals surface area contributed by atoms with Gasteiger partial charge in [0.1, 0.15) is 13.2 Å². The minimum Gasteiger partial charge on any atom is -0.756 e. The van der Waals surface area contributed by atoms with Crippen molar-refractivity contribution in [1.82, 2.24) is 5.32 Å². The fourth-order valence-electron chi connectivity index (χ4n) is 8.06. The molecule has 3 unspecified atom stereocenters. The van der Waals surface area contributed by atoms with Crippen molar-refractivity contribution in [2.45, 2.75) is 257 Å². The van der Waals surface area contributed by atoms with Crippen LogP contribution in [0.5, 0.6) is 0 Å². The molecule has 396 valence electrons. The molecule has 0 aliphatic rings. The lowest BCUT2D eigenvalue weighted by molar-refractivity contribution is -0.870. The Bertz CT molecular complexity index is 1330. The van der Waals surface area contributed by atoms with E-state index in [1.807, 2.05) is 33.3 Å². The van der Waals surface area contributed by atoms with Crippen LogP contribution in [-0.4, -0.2) is 68.5 Å². The van der Waals surface area contributed by atoms with Gasteiger partial charge in [-0.25, -0.2) is 0 Å². The Kier molecular flexibility index (Phi) is 48.4. The molecule has 0 bridgehead atoms. The molecule has 0 fully saturated rings. The molecule has 0 aromatic carbocycles. The van der Waals surface area contributed by atoms with Gasteiger partial charge in [-0.15, -0.1) is 0 Å². The van der Waals surface area contributed by atoms with Crippen LogP contribution < -0.4 is 10.2 Å². The number of aliphatic hydroxyl groups is 1. The summed E-state index contributed by atoms with van der Waals surface area (Å²) in [4.78, 5) is 25.5.